The third-order valence-corrected chi connectivity index (χ3v) is 1.82. The minimum atomic E-state index is 0.881. The third kappa shape index (κ3) is 1.19. The van der Waals surface area contributed by atoms with E-state index in [0.717, 1.165) is 11.3 Å². The van der Waals surface area contributed by atoms with Gasteiger partial charge in [0, 0.05) is 10.9 Å². The number of thiocarbonyl (C=S) groups is 1. The number of nitrogens with one attached hydrogen (secondary N) is 2. The summed E-state index contributed by atoms with van der Waals surface area (Å²) in [5.41, 5.74) is 3.55. The van der Waals surface area contributed by atoms with Crippen LogP contribution in [0.25, 0.3) is 10.9 Å². The number of H-pyrrole nitrogens is 1. The van der Waals surface area contributed by atoms with Gasteiger partial charge in [0.1, 0.15) is 11.3 Å². The van der Waals surface area contributed by atoms with Crippen molar-refractivity contribution < 1.29 is 0 Å². The Bertz CT molecular complexity index is 373. The molecule has 59 valence electrons. The van der Waals surface area contributed by atoms with Crippen LogP contribution in [0.5, 0.6) is 0 Å². The monoisotopic (exact) mass is 175 g/mol. The summed E-state index contributed by atoms with van der Waals surface area (Å²) in [7, 11) is 0. The molecule has 1 aromatic carbocycles. The van der Waals surface area contributed by atoms with Crippen molar-refractivity contribution in [3.63, 3.8) is 0 Å². The van der Waals surface area contributed by atoms with E-state index in [2.05, 4.69) is 28.0 Å². The number of hydrogen-bond donors (Lipinski definition) is 2. The fraction of sp³-hybridized carbons (Fsp3) is 0. The van der Waals surface area contributed by atoms with E-state index in [9.17, 15) is 0 Å². The molecule has 1 aromatic heterocycles. The molecule has 1 radical (unpaired) electrons. The number of fused-ring (bicyclic) bond motifs is 1. The molecule has 2 N–H and O–H groups in total. The van der Waals surface area contributed by atoms with Gasteiger partial charge in [-0.2, -0.15) is 0 Å². The fourth-order valence-corrected chi connectivity index (χ4v) is 1.31. The van der Waals surface area contributed by atoms with Crippen molar-refractivity contribution in [1.29, 1.82) is 0 Å². The average Bonchev–Trinajstić information content (AvgIpc) is 2.47. The lowest BCUT2D eigenvalue weighted by atomic mass is 10.2. The first kappa shape index (κ1) is 7.31. The zero-order valence-electron chi connectivity index (χ0n) is 6.29. The third-order valence-electron chi connectivity index (χ3n) is 1.72. The molecule has 2 rings (SSSR count). The van der Waals surface area contributed by atoms with Crippen molar-refractivity contribution in [2.24, 2.45) is 0 Å². The first-order chi connectivity index (χ1) is 5.90. The van der Waals surface area contributed by atoms with Crippen molar-refractivity contribution >= 4 is 34.4 Å². The molecule has 0 unspecified atom stereocenters. The highest BCUT2D eigenvalue weighted by molar-refractivity contribution is 7.79. The van der Waals surface area contributed by atoms with E-state index in [4.69, 9.17) is 0 Å². The van der Waals surface area contributed by atoms with Gasteiger partial charge >= 0.3 is 0 Å². The van der Waals surface area contributed by atoms with E-state index < -0.39 is 0 Å². The second-order valence-electron chi connectivity index (χ2n) is 2.50. The molecule has 0 bridgehead atoms. The number of para-hydroxylation sites is 1. The molecule has 3 heteroatoms. The lowest BCUT2D eigenvalue weighted by Crippen LogP contribution is -1.90. The Hall–Kier alpha value is -1.35. The Labute approximate surface area is 75.6 Å². The van der Waals surface area contributed by atoms with Gasteiger partial charge in [0.25, 0.3) is 0 Å². The highest BCUT2D eigenvalue weighted by atomic mass is 32.1. The SMILES string of the molecule is S=[C]Nc1cc2ccccc2[nH]1. The molecule has 0 amide bonds. The van der Waals surface area contributed by atoms with Crippen LogP contribution in [0, 0.1) is 0 Å². The zero-order chi connectivity index (χ0) is 8.39. The molecule has 0 spiro atoms. The van der Waals surface area contributed by atoms with Crippen molar-refractivity contribution in [3.8, 4) is 0 Å². The summed E-state index contributed by atoms with van der Waals surface area (Å²) in [5, 5.41) is 3.98. The van der Waals surface area contributed by atoms with Crippen molar-refractivity contribution in [2.75, 3.05) is 5.32 Å². The van der Waals surface area contributed by atoms with Crippen molar-refractivity contribution in [1.82, 2.24) is 4.98 Å². The quantitative estimate of drug-likeness (QED) is 0.542. The van der Waals surface area contributed by atoms with Crippen LogP contribution in [0.3, 0.4) is 0 Å². The number of aromatic nitrogens is 1. The van der Waals surface area contributed by atoms with Gasteiger partial charge < -0.3 is 10.3 Å². The summed E-state index contributed by atoms with van der Waals surface area (Å²) in [6.07, 6.45) is 0. The molecule has 0 aliphatic heterocycles. The van der Waals surface area contributed by atoms with Crippen LogP contribution in [0.15, 0.2) is 30.3 Å². The molecule has 2 aromatic rings. The summed E-state index contributed by atoms with van der Waals surface area (Å²) >= 11 is 4.56. The van der Waals surface area contributed by atoms with Crippen LogP contribution in [-0.2, 0) is 0 Å². The van der Waals surface area contributed by atoms with Gasteiger partial charge in [-0.15, -0.1) is 0 Å². The number of benzene rings is 1. The maximum absolute atomic E-state index is 4.56. The van der Waals surface area contributed by atoms with E-state index in [-0.39, 0.29) is 0 Å². The smallest absolute Gasteiger partial charge is 0.140 e. The number of hydrogen-bond acceptors (Lipinski definition) is 1. The molecule has 0 aliphatic carbocycles. The van der Waals surface area contributed by atoms with Gasteiger partial charge in [0.05, 0.1) is 0 Å². The van der Waals surface area contributed by atoms with Gasteiger partial charge in [-0.3, -0.25) is 0 Å². The van der Waals surface area contributed by atoms with Crippen LogP contribution in [0.1, 0.15) is 0 Å². The van der Waals surface area contributed by atoms with E-state index >= 15 is 0 Å². The molecule has 0 saturated carbocycles. The van der Waals surface area contributed by atoms with E-state index in [0.29, 0.717) is 0 Å². The number of aromatic amines is 1. The molecule has 0 atom stereocenters. The summed E-state index contributed by atoms with van der Waals surface area (Å²) < 4.78 is 0. The highest BCUT2D eigenvalue weighted by Crippen LogP contribution is 2.17. The second-order valence-corrected chi connectivity index (χ2v) is 2.70. The Kier molecular flexibility index (Phi) is 1.80. The standard InChI is InChI=1S/C9H7N2S/c12-6-10-9-5-7-3-1-2-4-8(7)11-9/h1-5,11H,(H,10,12). The topological polar surface area (TPSA) is 27.8 Å². The van der Waals surface area contributed by atoms with Gasteiger partial charge in [-0.05, 0) is 12.1 Å². The van der Waals surface area contributed by atoms with Crippen LogP contribution >= 0.6 is 12.2 Å². The van der Waals surface area contributed by atoms with Crippen molar-refractivity contribution in [2.45, 2.75) is 0 Å². The van der Waals surface area contributed by atoms with Crippen LogP contribution in [0.4, 0.5) is 5.82 Å². The largest absolute Gasteiger partial charge is 0.341 e. The predicted octanol–water partition coefficient (Wildman–Crippen LogP) is 2.41. The Balaban J connectivity index is 2.54. The summed E-state index contributed by atoms with van der Waals surface area (Å²) in [4.78, 5) is 3.16. The maximum atomic E-state index is 4.56. The van der Waals surface area contributed by atoms with Crippen LogP contribution in [-0.4, -0.2) is 10.5 Å². The highest BCUT2D eigenvalue weighted by Gasteiger charge is 1.96. The molecule has 2 nitrogen and oxygen atoms in total. The maximum Gasteiger partial charge on any atom is 0.140 e. The summed E-state index contributed by atoms with van der Waals surface area (Å²) in [6.45, 7) is 0. The van der Waals surface area contributed by atoms with E-state index in [1.165, 1.54) is 5.39 Å². The predicted molar refractivity (Wildman–Crippen MR) is 54.5 cm³/mol. The molecular formula is C9H7N2S. The lowest BCUT2D eigenvalue weighted by molar-refractivity contribution is 1.46. The first-order valence-corrected chi connectivity index (χ1v) is 4.02. The fourth-order valence-electron chi connectivity index (χ4n) is 1.20. The average molecular weight is 175 g/mol. The van der Waals surface area contributed by atoms with Crippen LogP contribution in [0.2, 0.25) is 0 Å². The molecule has 12 heavy (non-hydrogen) atoms. The molecule has 0 aliphatic rings. The number of rotatable bonds is 2. The van der Waals surface area contributed by atoms with Gasteiger partial charge in [0.15, 0.2) is 0 Å². The minimum absolute atomic E-state index is 0.881. The second kappa shape index (κ2) is 2.95. The van der Waals surface area contributed by atoms with Gasteiger partial charge in [0.2, 0.25) is 0 Å². The Morgan fingerprint density at radius 2 is 2.17 bits per heavy atom. The van der Waals surface area contributed by atoms with E-state index in [1.54, 1.807) is 0 Å². The minimum Gasteiger partial charge on any atom is -0.341 e. The van der Waals surface area contributed by atoms with Gasteiger partial charge in [-0.1, -0.05) is 30.4 Å². The first-order valence-electron chi connectivity index (χ1n) is 3.61. The lowest BCUT2D eigenvalue weighted by Gasteiger charge is -1.88. The molecule has 0 fully saturated rings. The molecular weight excluding hydrogens is 168 g/mol. The molecule has 1 heterocycles. The van der Waals surface area contributed by atoms with E-state index in [1.807, 2.05) is 30.3 Å². The van der Waals surface area contributed by atoms with Crippen LogP contribution < -0.4 is 5.32 Å². The van der Waals surface area contributed by atoms with Gasteiger partial charge in [-0.25, -0.2) is 0 Å². The number of anilines is 1. The Morgan fingerprint density at radius 1 is 1.33 bits per heavy atom. The Morgan fingerprint density at radius 3 is 2.92 bits per heavy atom. The van der Waals surface area contributed by atoms with Crippen molar-refractivity contribution in [3.05, 3.63) is 30.3 Å². The summed E-state index contributed by atoms with van der Waals surface area (Å²) in [5.74, 6) is 0.881. The zero-order valence-corrected chi connectivity index (χ0v) is 7.11. The summed E-state index contributed by atoms with van der Waals surface area (Å²) in [6, 6.07) is 10.0. The molecule has 0 saturated heterocycles. The normalized spacial score (nSPS) is 10.0.